The van der Waals surface area contributed by atoms with Gasteiger partial charge in [0.25, 0.3) is 5.56 Å². The van der Waals surface area contributed by atoms with Crippen LogP contribution in [-0.4, -0.2) is 27.8 Å². The van der Waals surface area contributed by atoms with Gasteiger partial charge in [-0.2, -0.15) is 5.26 Å². The molecule has 0 bridgehead atoms. The van der Waals surface area contributed by atoms with Crippen LogP contribution in [-0.2, 0) is 9.53 Å². The lowest BCUT2D eigenvalue weighted by molar-refractivity contribution is -0.142. The van der Waals surface area contributed by atoms with Crippen LogP contribution >= 0.6 is 11.8 Å². The normalized spacial score (nSPS) is 11.5. The number of esters is 1. The number of thioether (sulfide) groups is 1. The lowest BCUT2D eigenvalue weighted by Crippen LogP contribution is -2.20. The van der Waals surface area contributed by atoms with Crippen molar-refractivity contribution in [3.05, 3.63) is 46.2 Å². The first kappa shape index (κ1) is 17.8. The third kappa shape index (κ3) is 4.24. The molecule has 0 amide bonds. The molecule has 0 saturated carbocycles. The van der Waals surface area contributed by atoms with E-state index < -0.39 is 10.8 Å². The predicted molar refractivity (Wildman–Crippen MR) is 91.6 cm³/mol. The quantitative estimate of drug-likeness (QED) is 0.492. The molecule has 7 heteroatoms. The van der Waals surface area contributed by atoms with Crippen molar-refractivity contribution in [2.24, 2.45) is 0 Å². The van der Waals surface area contributed by atoms with Crippen molar-refractivity contribution in [2.45, 2.75) is 30.7 Å². The first-order valence-corrected chi connectivity index (χ1v) is 8.38. The van der Waals surface area contributed by atoms with Gasteiger partial charge in [-0.3, -0.25) is 9.59 Å². The van der Waals surface area contributed by atoms with Crippen molar-refractivity contribution in [2.75, 3.05) is 6.61 Å². The van der Waals surface area contributed by atoms with E-state index in [0.29, 0.717) is 17.9 Å². The summed E-state index contributed by atoms with van der Waals surface area (Å²) in [7, 11) is 0. The lowest BCUT2D eigenvalue weighted by Gasteiger charge is -2.11. The standard InChI is InChI=1S/C17H17N3O3S/c1-3-9-23-16(22)11(2)24-17-19-14(12-7-5-4-6-8-12)13(10-18)15(21)20-17/h4-8,11H,3,9H2,1-2H3,(H,19,20,21)/t11-/m0/s1. The third-order valence-electron chi connectivity index (χ3n) is 3.13. The second-order valence-corrected chi connectivity index (χ2v) is 6.33. The van der Waals surface area contributed by atoms with Gasteiger partial charge >= 0.3 is 5.97 Å². The zero-order chi connectivity index (χ0) is 17.5. The fourth-order valence-electron chi connectivity index (χ4n) is 1.95. The summed E-state index contributed by atoms with van der Waals surface area (Å²) in [5.74, 6) is -0.366. The van der Waals surface area contributed by atoms with Gasteiger partial charge in [0.1, 0.15) is 16.9 Å². The van der Waals surface area contributed by atoms with Crippen molar-refractivity contribution < 1.29 is 9.53 Å². The molecule has 1 N–H and O–H groups in total. The van der Waals surface area contributed by atoms with Crippen molar-refractivity contribution >= 4 is 17.7 Å². The van der Waals surface area contributed by atoms with E-state index in [0.717, 1.165) is 18.2 Å². The van der Waals surface area contributed by atoms with Crippen LogP contribution in [0.25, 0.3) is 11.3 Å². The molecule has 2 aromatic rings. The van der Waals surface area contributed by atoms with Gasteiger partial charge in [-0.1, -0.05) is 49.0 Å². The molecule has 1 atom stereocenters. The van der Waals surface area contributed by atoms with Crippen LogP contribution in [0.3, 0.4) is 0 Å². The minimum absolute atomic E-state index is 0.0493. The second kappa shape index (κ2) is 8.31. The first-order valence-electron chi connectivity index (χ1n) is 7.50. The van der Waals surface area contributed by atoms with E-state index in [9.17, 15) is 14.9 Å². The smallest absolute Gasteiger partial charge is 0.319 e. The second-order valence-electron chi connectivity index (χ2n) is 5.00. The summed E-state index contributed by atoms with van der Waals surface area (Å²) < 4.78 is 5.08. The molecule has 0 spiro atoms. The molecule has 1 aromatic heterocycles. The molecule has 0 aliphatic rings. The number of hydrogen-bond donors (Lipinski definition) is 1. The van der Waals surface area contributed by atoms with Crippen LogP contribution < -0.4 is 5.56 Å². The maximum absolute atomic E-state index is 12.1. The van der Waals surface area contributed by atoms with Gasteiger partial charge in [0.05, 0.1) is 12.3 Å². The maximum Gasteiger partial charge on any atom is 0.319 e. The molecular weight excluding hydrogens is 326 g/mol. The van der Waals surface area contributed by atoms with Gasteiger partial charge in [-0.15, -0.1) is 0 Å². The Labute approximate surface area is 143 Å². The fourth-order valence-corrected chi connectivity index (χ4v) is 2.75. The Kier molecular flexibility index (Phi) is 6.15. The van der Waals surface area contributed by atoms with E-state index in [2.05, 4.69) is 9.97 Å². The van der Waals surface area contributed by atoms with E-state index in [1.165, 1.54) is 0 Å². The summed E-state index contributed by atoms with van der Waals surface area (Å²) >= 11 is 1.09. The molecule has 0 unspecified atom stereocenters. The summed E-state index contributed by atoms with van der Waals surface area (Å²) in [6.07, 6.45) is 0.743. The SMILES string of the molecule is CCCOC(=O)[C@H](C)Sc1nc(-c2ccccc2)c(C#N)c(=O)[nH]1. The Bertz CT molecular complexity index is 812. The summed E-state index contributed by atoms with van der Waals surface area (Å²) in [4.78, 5) is 30.9. The van der Waals surface area contributed by atoms with Gasteiger partial charge in [0.2, 0.25) is 0 Å². The summed E-state index contributed by atoms with van der Waals surface area (Å²) in [6, 6.07) is 10.9. The number of hydrogen-bond acceptors (Lipinski definition) is 6. The summed E-state index contributed by atoms with van der Waals surface area (Å²) in [5.41, 5.74) is 0.399. The van der Waals surface area contributed by atoms with E-state index in [4.69, 9.17) is 4.74 Å². The largest absolute Gasteiger partial charge is 0.465 e. The van der Waals surface area contributed by atoms with Crippen LogP contribution in [0.4, 0.5) is 0 Å². The molecule has 1 aromatic carbocycles. The molecule has 24 heavy (non-hydrogen) atoms. The number of carbonyl (C=O) groups is 1. The molecule has 1 heterocycles. The number of nitrogens with one attached hydrogen (secondary N) is 1. The van der Waals surface area contributed by atoms with Gasteiger partial charge in [-0.25, -0.2) is 4.98 Å². The van der Waals surface area contributed by atoms with Gasteiger partial charge in [0, 0.05) is 5.56 Å². The van der Waals surface area contributed by atoms with Crippen LogP contribution in [0.2, 0.25) is 0 Å². The minimum atomic E-state index is -0.525. The number of aromatic nitrogens is 2. The lowest BCUT2D eigenvalue weighted by atomic mass is 10.1. The van der Waals surface area contributed by atoms with Crippen LogP contribution in [0.15, 0.2) is 40.3 Å². The number of aromatic amines is 1. The fraction of sp³-hybridized carbons (Fsp3) is 0.294. The van der Waals surface area contributed by atoms with E-state index in [1.807, 2.05) is 19.1 Å². The molecule has 0 radical (unpaired) electrons. The maximum atomic E-state index is 12.1. The Morgan fingerprint density at radius 1 is 1.42 bits per heavy atom. The molecule has 124 valence electrons. The van der Waals surface area contributed by atoms with Gasteiger partial charge in [0.15, 0.2) is 5.16 Å². The number of rotatable bonds is 6. The van der Waals surface area contributed by atoms with Crippen molar-refractivity contribution in [3.63, 3.8) is 0 Å². The number of H-pyrrole nitrogens is 1. The average molecular weight is 343 g/mol. The highest BCUT2D eigenvalue weighted by atomic mass is 32.2. The molecule has 0 aliphatic heterocycles. The summed E-state index contributed by atoms with van der Waals surface area (Å²) in [6.45, 7) is 3.95. The number of ether oxygens (including phenoxy) is 1. The van der Waals surface area contributed by atoms with E-state index >= 15 is 0 Å². The Hall–Kier alpha value is -2.59. The Morgan fingerprint density at radius 2 is 2.12 bits per heavy atom. The third-order valence-corrected chi connectivity index (χ3v) is 4.09. The van der Waals surface area contributed by atoms with Crippen LogP contribution in [0.5, 0.6) is 0 Å². The Morgan fingerprint density at radius 3 is 2.75 bits per heavy atom. The molecule has 0 fully saturated rings. The van der Waals surface area contributed by atoms with Crippen molar-refractivity contribution in [1.29, 1.82) is 5.26 Å². The number of carbonyl (C=O) groups excluding carboxylic acids is 1. The molecule has 6 nitrogen and oxygen atoms in total. The first-order chi connectivity index (χ1) is 11.6. The van der Waals surface area contributed by atoms with E-state index in [-0.39, 0.29) is 16.7 Å². The molecule has 0 saturated heterocycles. The van der Waals surface area contributed by atoms with Crippen molar-refractivity contribution in [3.8, 4) is 17.3 Å². The van der Waals surface area contributed by atoms with Gasteiger partial charge < -0.3 is 9.72 Å². The topological polar surface area (TPSA) is 95.8 Å². The highest BCUT2D eigenvalue weighted by Crippen LogP contribution is 2.24. The molecule has 0 aliphatic carbocycles. The molecule has 2 rings (SSSR count). The zero-order valence-electron chi connectivity index (χ0n) is 13.4. The summed E-state index contributed by atoms with van der Waals surface area (Å²) in [5, 5.41) is 8.99. The highest BCUT2D eigenvalue weighted by Gasteiger charge is 2.19. The Balaban J connectivity index is 2.33. The zero-order valence-corrected chi connectivity index (χ0v) is 14.2. The highest BCUT2D eigenvalue weighted by molar-refractivity contribution is 8.00. The number of nitrogens with zero attached hydrogens (tertiary/aromatic N) is 2. The van der Waals surface area contributed by atoms with Crippen LogP contribution in [0.1, 0.15) is 25.8 Å². The van der Waals surface area contributed by atoms with Crippen LogP contribution in [0, 0.1) is 11.3 Å². The van der Waals surface area contributed by atoms with Crippen molar-refractivity contribution in [1.82, 2.24) is 9.97 Å². The minimum Gasteiger partial charge on any atom is -0.465 e. The predicted octanol–water partition coefficient (Wildman–Crippen LogP) is 2.74. The monoisotopic (exact) mass is 343 g/mol. The number of benzene rings is 1. The molecular formula is C17H17N3O3S. The average Bonchev–Trinajstić information content (AvgIpc) is 2.59. The van der Waals surface area contributed by atoms with E-state index in [1.54, 1.807) is 31.2 Å². The number of nitriles is 1. The van der Waals surface area contributed by atoms with Gasteiger partial charge in [-0.05, 0) is 13.3 Å².